The van der Waals surface area contributed by atoms with Crippen molar-refractivity contribution in [2.75, 3.05) is 13.1 Å². The third-order valence-corrected chi connectivity index (χ3v) is 5.32. The Balaban J connectivity index is 1.56. The van der Waals surface area contributed by atoms with Crippen LogP contribution in [-0.2, 0) is 25.7 Å². The zero-order chi connectivity index (χ0) is 20.6. The molecule has 2 aromatic rings. The maximum atomic E-state index is 14.3. The molecule has 0 spiro atoms. The van der Waals surface area contributed by atoms with Crippen LogP contribution < -0.4 is 5.56 Å². The van der Waals surface area contributed by atoms with Gasteiger partial charge in [0.2, 0.25) is 0 Å². The quantitative estimate of drug-likeness (QED) is 0.792. The minimum Gasteiger partial charge on any atom is -0.305 e. The van der Waals surface area contributed by atoms with Crippen LogP contribution in [0.15, 0.2) is 28.0 Å². The van der Waals surface area contributed by atoms with Crippen LogP contribution in [0.5, 0.6) is 0 Å². The molecular weight excluding hydrogens is 388 g/mol. The number of fused-ring (bicyclic) bond motifs is 1. The van der Waals surface area contributed by atoms with Gasteiger partial charge in [0.1, 0.15) is 5.82 Å². The van der Waals surface area contributed by atoms with Gasteiger partial charge in [-0.3, -0.25) is 14.7 Å². The SMILES string of the molecule is O=c1[nH]c(C2=NCCCC2)nc2c1CN(Cc1cccc(C(F)(F)F)c1F)CC2. The third kappa shape index (κ3) is 4.10. The predicted octanol–water partition coefficient (Wildman–Crippen LogP) is 3.46. The zero-order valence-electron chi connectivity index (χ0n) is 15.7. The van der Waals surface area contributed by atoms with Gasteiger partial charge in [0.05, 0.1) is 22.5 Å². The lowest BCUT2D eigenvalue weighted by Crippen LogP contribution is -2.36. The van der Waals surface area contributed by atoms with Crippen molar-refractivity contribution in [2.45, 2.75) is 44.9 Å². The van der Waals surface area contributed by atoms with Gasteiger partial charge in [-0.05, 0) is 25.3 Å². The fraction of sp³-hybridized carbons (Fsp3) is 0.450. The molecule has 0 saturated carbocycles. The maximum absolute atomic E-state index is 14.3. The second kappa shape index (κ2) is 7.70. The molecule has 1 aromatic carbocycles. The van der Waals surface area contributed by atoms with E-state index in [1.54, 1.807) is 4.90 Å². The molecule has 0 saturated heterocycles. The first-order chi connectivity index (χ1) is 13.8. The molecule has 3 heterocycles. The number of H-pyrrole nitrogens is 1. The van der Waals surface area contributed by atoms with Crippen molar-refractivity contribution in [3.63, 3.8) is 0 Å². The number of rotatable bonds is 3. The van der Waals surface area contributed by atoms with Crippen molar-refractivity contribution in [1.82, 2.24) is 14.9 Å². The fourth-order valence-corrected chi connectivity index (χ4v) is 3.80. The molecule has 1 aromatic heterocycles. The molecule has 4 rings (SSSR count). The normalized spacial score (nSPS) is 17.7. The molecule has 2 aliphatic rings. The molecule has 0 atom stereocenters. The molecule has 0 aliphatic carbocycles. The summed E-state index contributed by atoms with van der Waals surface area (Å²) in [5.74, 6) is -0.755. The average molecular weight is 408 g/mol. The molecular formula is C20H20F4N4O. The van der Waals surface area contributed by atoms with E-state index in [2.05, 4.69) is 15.0 Å². The average Bonchev–Trinajstić information content (AvgIpc) is 2.69. The smallest absolute Gasteiger partial charge is 0.305 e. The van der Waals surface area contributed by atoms with Gasteiger partial charge < -0.3 is 4.98 Å². The lowest BCUT2D eigenvalue weighted by atomic mass is 10.0. The maximum Gasteiger partial charge on any atom is 0.419 e. The molecule has 154 valence electrons. The van der Waals surface area contributed by atoms with E-state index in [0.29, 0.717) is 30.0 Å². The van der Waals surface area contributed by atoms with Gasteiger partial charge in [0.25, 0.3) is 5.56 Å². The zero-order valence-corrected chi connectivity index (χ0v) is 15.7. The first-order valence-corrected chi connectivity index (χ1v) is 9.55. The van der Waals surface area contributed by atoms with E-state index in [9.17, 15) is 22.4 Å². The van der Waals surface area contributed by atoms with E-state index in [0.717, 1.165) is 37.6 Å². The number of nitrogens with zero attached hydrogens (tertiary/aromatic N) is 3. The van der Waals surface area contributed by atoms with E-state index >= 15 is 0 Å². The second-order valence-corrected chi connectivity index (χ2v) is 7.36. The van der Waals surface area contributed by atoms with E-state index < -0.39 is 17.6 Å². The van der Waals surface area contributed by atoms with Crippen LogP contribution in [-0.4, -0.2) is 33.7 Å². The van der Waals surface area contributed by atoms with Crippen LogP contribution in [0.2, 0.25) is 0 Å². The Labute approximate surface area is 164 Å². The number of halogens is 4. The van der Waals surface area contributed by atoms with Crippen molar-refractivity contribution in [3.8, 4) is 0 Å². The number of hydrogen-bond donors (Lipinski definition) is 1. The van der Waals surface area contributed by atoms with E-state index in [1.165, 1.54) is 12.1 Å². The standard InChI is InChI=1S/C20H20F4N4O/c21-17-12(4-3-5-14(17)20(22,23)24)10-28-9-7-15-13(11-28)19(29)27-18(26-15)16-6-1-2-8-25-16/h3-5H,1-2,6-11H2,(H,26,27,29). The lowest BCUT2D eigenvalue weighted by molar-refractivity contribution is -0.140. The molecule has 0 fully saturated rings. The van der Waals surface area contributed by atoms with Gasteiger partial charge in [0.15, 0.2) is 5.82 Å². The minimum atomic E-state index is -4.74. The van der Waals surface area contributed by atoms with Crippen molar-refractivity contribution < 1.29 is 17.6 Å². The van der Waals surface area contributed by atoms with Crippen molar-refractivity contribution in [3.05, 3.63) is 62.6 Å². The van der Waals surface area contributed by atoms with Crippen LogP contribution in [0.4, 0.5) is 17.6 Å². The molecule has 0 radical (unpaired) electrons. The number of aromatic nitrogens is 2. The summed E-state index contributed by atoms with van der Waals surface area (Å²) in [6.07, 6.45) is -1.45. The molecule has 0 amide bonds. The Morgan fingerprint density at radius 1 is 1.17 bits per heavy atom. The number of nitrogens with one attached hydrogen (secondary N) is 1. The summed E-state index contributed by atoms with van der Waals surface area (Å²) in [5, 5.41) is 0. The predicted molar refractivity (Wildman–Crippen MR) is 99.3 cm³/mol. The fourth-order valence-electron chi connectivity index (χ4n) is 3.80. The molecule has 1 N–H and O–H groups in total. The first kappa shape index (κ1) is 19.8. The summed E-state index contributed by atoms with van der Waals surface area (Å²) >= 11 is 0. The Kier molecular flexibility index (Phi) is 5.24. The van der Waals surface area contributed by atoms with Crippen LogP contribution in [0.1, 0.15) is 47.5 Å². The van der Waals surface area contributed by atoms with Crippen LogP contribution in [0, 0.1) is 5.82 Å². The second-order valence-electron chi connectivity index (χ2n) is 7.36. The number of alkyl halides is 3. The monoisotopic (exact) mass is 408 g/mol. The van der Waals surface area contributed by atoms with Gasteiger partial charge in [-0.25, -0.2) is 9.37 Å². The van der Waals surface area contributed by atoms with Gasteiger partial charge in [-0.15, -0.1) is 0 Å². The highest BCUT2D eigenvalue weighted by atomic mass is 19.4. The number of aromatic amines is 1. The van der Waals surface area contributed by atoms with Crippen LogP contribution in [0.3, 0.4) is 0 Å². The molecule has 5 nitrogen and oxygen atoms in total. The van der Waals surface area contributed by atoms with Gasteiger partial charge in [-0.2, -0.15) is 13.2 Å². The minimum absolute atomic E-state index is 0.0108. The first-order valence-electron chi connectivity index (χ1n) is 9.55. The summed E-state index contributed by atoms with van der Waals surface area (Å²) in [4.78, 5) is 26.1. The topological polar surface area (TPSA) is 61.4 Å². The summed E-state index contributed by atoms with van der Waals surface area (Å²) in [6.45, 7) is 1.40. The van der Waals surface area contributed by atoms with Crippen molar-refractivity contribution in [1.29, 1.82) is 0 Å². The molecule has 29 heavy (non-hydrogen) atoms. The Bertz CT molecular complexity index is 1010. The van der Waals surface area contributed by atoms with E-state index in [1.807, 2.05) is 0 Å². The van der Waals surface area contributed by atoms with Crippen molar-refractivity contribution >= 4 is 5.71 Å². The summed E-state index contributed by atoms with van der Waals surface area (Å²) in [6, 6.07) is 3.27. The number of benzene rings is 1. The van der Waals surface area contributed by atoms with Crippen molar-refractivity contribution in [2.24, 2.45) is 4.99 Å². The van der Waals surface area contributed by atoms with Gasteiger partial charge >= 0.3 is 6.18 Å². The van der Waals surface area contributed by atoms with Crippen LogP contribution in [0.25, 0.3) is 0 Å². The largest absolute Gasteiger partial charge is 0.419 e. The van der Waals surface area contributed by atoms with E-state index in [-0.39, 0.29) is 24.2 Å². The Morgan fingerprint density at radius 3 is 2.72 bits per heavy atom. The summed E-state index contributed by atoms with van der Waals surface area (Å²) < 4.78 is 53.1. The molecule has 2 aliphatic heterocycles. The Hall–Kier alpha value is -2.55. The summed E-state index contributed by atoms with van der Waals surface area (Å²) in [5.41, 5.74) is 0.379. The number of hydrogen-bond acceptors (Lipinski definition) is 4. The summed E-state index contributed by atoms with van der Waals surface area (Å²) in [7, 11) is 0. The van der Waals surface area contributed by atoms with Gasteiger partial charge in [0, 0.05) is 38.2 Å². The van der Waals surface area contributed by atoms with Crippen LogP contribution >= 0.6 is 0 Å². The van der Waals surface area contributed by atoms with Gasteiger partial charge in [-0.1, -0.05) is 12.1 Å². The highest BCUT2D eigenvalue weighted by Gasteiger charge is 2.35. The molecule has 0 bridgehead atoms. The molecule has 9 heteroatoms. The lowest BCUT2D eigenvalue weighted by Gasteiger charge is -2.28. The highest BCUT2D eigenvalue weighted by molar-refractivity contribution is 5.97. The number of aliphatic imine (C=N–C) groups is 1. The Morgan fingerprint density at radius 2 is 2.00 bits per heavy atom. The molecule has 0 unspecified atom stereocenters. The third-order valence-electron chi connectivity index (χ3n) is 5.32. The highest BCUT2D eigenvalue weighted by Crippen LogP contribution is 2.33. The van der Waals surface area contributed by atoms with E-state index in [4.69, 9.17) is 0 Å².